The zero-order valence-electron chi connectivity index (χ0n) is 15.3. The summed E-state index contributed by atoms with van der Waals surface area (Å²) in [6, 6.07) is 20.7. The smallest absolute Gasteiger partial charge is 0.228 e. The molecule has 0 saturated carbocycles. The van der Waals surface area contributed by atoms with Crippen LogP contribution in [0.2, 0.25) is 0 Å². The average molecular weight is 373 g/mol. The highest BCUT2D eigenvalue weighted by Crippen LogP contribution is 2.35. The van der Waals surface area contributed by atoms with Crippen molar-refractivity contribution >= 4 is 11.6 Å². The molecule has 4 rings (SSSR count). The lowest BCUT2D eigenvalue weighted by molar-refractivity contribution is -0.115. The lowest BCUT2D eigenvalue weighted by Gasteiger charge is -2.09. The van der Waals surface area contributed by atoms with Crippen molar-refractivity contribution < 1.29 is 13.9 Å². The number of hydrogen-bond acceptors (Lipinski definition) is 4. The third-order valence-electron chi connectivity index (χ3n) is 4.34. The maximum atomic E-state index is 12.8. The molecule has 0 unspecified atom stereocenters. The Morgan fingerprint density at radius 1 is 1.11 bits per heavy atom. The lowest BCUT2D eigenvalue weighted by Crippen LogP contribution is -2.15. The zero-order valence-corrected chi connectivity index (χ0v) is 15.3. The summed E-state index contributed by atoms with van der Waals surface area (Å²) < 4.78 is 10.7. The van der Waals surface area contributed by atoms with Gasteiger partial charge in [-0.2, -0.15) is 5.10 Å². The molecule has 1 amide bonds. The van der Waals surface area contributed by atoms with E-state index in [1.807, 2.05) is 60.7 Å². The van der Waals surface area contributed by atoms with Crippen LogP contribution in [0.1, 0.15) is 5.56 Å². The molecule has 0 aliphatic heterocycles. The third kappa shape index (κ3) is 3.66. The van der Waals surface area contributed by atoms with Gasteiger partial charge in [0, 0.05) is 5.56 Å². The van der Waals surface area contributed by atoms with Crippen molar-refractivity contribution in [2.24, 2.45) is 0 Å². The van der Waals surface area contributed by atoms with Crippen molar-refractivity contribution in [2.45, 2.75) is 6.42 Å². The number of aromatic amines is 1. The van der Waals surface area contributed by atoms with Gasteiger partial charge in [-0.15, -0.1) is 0 Å². The Hall–Kier alpha value is -3.80. The Balaban J connectivity index is 1.65. The maximum absolute atomic E-state index is 12.8. The predicted octanol–water partition coefficient (Wildman–Crippen LogP) is 4.53. The van der Waals surface area contributed by atoms with Crippen LogP contribution in [0.15, 0.2) is 77.4 Å². The molecule has 0 aliphatic rings. The monoisotopic (exact) mass is 373 g/mol. The minimum Gasteiger partial charge on any atom is -0.497 e. The summed E-state index contributed by atoms with van der Waals surface area (Å²) in [6.07, 6.45) is 1.80. The Morgan fingerprint density at radius 2 is 1.96 bits per heavy atom. The molecular weight excluding hydrogens is 354 g/mol. The third-order valence-corrected chi connectivity index (χ3v) is 4.34. The number of hydrogen-bond donors (Lipinski definition) is 2. The Morgan fingerprint density at radius 3 is 2.71 bits per heavy atom. The molecular formula is C22H19N3O3. The van der Waals surface area contributed by atoms with Gasteiger partial charge in [-0.1, -0.05) is 42.5 Å². The van der Waals surface area contributed by atoms with Crippen molar-refractivity contribution in [2.75, 3.05) is 12.4 Å². The van der Waals surface area contributed by atoms with E-state index in [0.29, 0.717) is 22.8 Å². The predicted molar refractivity (Wildman–Crippen MR) is 107 cm³/mol. The quantitative estimate of drug-likeness (QED) is 0.520. The number of furan rings is 1. The maximum Gasteiger partial charge on any atom is 0.228 e. The van der Waals surface area contributed by atoms with Gasteiger partial charge in [0.1, 0.15) is 17.1 Å². The fourth-order valence-electron chi connectivity index (χ4n) is 3.02. The van der Waals surface area contributed by atoms with Crippen molar-refractivity contribution in [1.29, 1.82) is 0 Å². The molecule has 2 aromatic carbocycles. The summed E-state index contributed by atoms with van der Waals surface area (Å²) >= 11 is 0. The van der Waals surface area contributed by atoms with E-state index in [2.05, 4.69) is 15.5 Å². The number of amides is 1. The topological polar surface area (TPSA) is 80.1 Å². The van der Waals surface area contributed by atoms with Crippen LogP contribution in [0.25, 0.3) is 22.7 Å². The van der Waals surface area contributed by atoms with Gasteiger partial charge in [0.05, 0.1) is 25.5 Å². The molecule has 2 heterocycles. The summed E-state index contributed by atoms with van der Waals surface area (Å²) in [5, 5.41) is 10.4. The van der Waals surface area contributed by atoms with Crippen LogP contribution in [0.4, 0.5) is 5.69 Å². The molecule has 0 saturated heterocycles. The van der Waals surface area contributed by atoms with E-state index in [1.54, 1.807) is 19.4 Å². The summed E-state index contributed by atoms with van der Waals surface area (Å²) in [4.78, 5) is 12.8. The number of aromatic nitrogens is 2. The second kappa shape index (κ2) is 7.84. The summed E-state index contributed by atoms with van der Waals surface area (Å²) in [7, 11) is 1.60. The Kier molecular flexibility index (Phi) is 4.93. The Bertz CT molecular complexity index is 1070. The summed E-state index contributed by atoms with van der Waals surface area (Å²) in [5.41, 5.74) is 3.64. The average Bonchev–Trinajstić information content (AvgIpc) is 3.38. The van der Waals surface area contributed by atoms with E-state index in [0.717, 1.165) is 16.9 Å². The number of carbonyl (C=O) groups is 1. The molecule has 6 nitrogen and oxygen atoms in total. The zero-order chi connectivity index (χ0) is 19.3. The van der Waals surface area contributed by atoms with E-state index < -0.39 is 0 Å². The molecule has 0 aliphatic carbocycles. The molecule has 0 spiro atoms. The van der Waals surface area contributed by atoms with Gasteiger partial charge < -0.3 is 14.5 Å². The van der Waals surface area contributed by atoms with Crippen LogP contribution in [-0.2, 0) is 11.2 Å². The number of carbonyl (C=O) groups excluding carboxylic acids is 1. The first-order chi connectivity index (χ1) is 13.7. The summed E-state index contributed by atoms with van der Waals surface area (Å²) in [5.74, 6) is 1.17. The molecule has 2 aromatic heterocycles. The summed E-state index contributed by atoms with van der Waals surface area (Å²) in [6.45, 7) is 0. The molecule has 0 fully saturated rings. The lowest BCUT2D eigenvalue weighted by atomic mass is 10.1. The first-order valence-corrected chi connectivity index (χ1v) is 8.85. The molecule has 6 heteroatoms. The van der Waals surface area contributed by atoms with Gasteiger partial charge in [-0.25, -0.2) is 0 Å². The van der Waals surface area contributed by atoms with Crippen LogP contribution < -0.4 is 10.1 Å². The van der Waals surface area contributed by atoms with Crippen LogP contribution in [0, 0.1) is 0 Å². The van der Waals surface area contributed by atoms with Crippen molar-refractivity contribution in [1.82, 2.24) is 10.2 Å². The van der Waals surface area contributed by atoms with E-state index in [9.17, 15) is 4.79 Å². The molecule has 2 N–H and O–H groups in total. The highest BCUT2D eigenvalue weighted by atomic mass is 16.5. The molecule has 0 radical (unpaired) electrons. The highest BCUT2D eigenvalue weighted by Gasteiger charge is 2.20. The number of methoxy groups -OCH3 is 1. The van der Waals surface area contributed by atoms with Gasteiger partial charge in [0.25, 0.3) is 0 Å². The van der Waals surface area contributed by atoms with E-state index in [1.165, 1.54) is 0 Å². The molecule has 4 aromatic rings. The number of anilines is 1. The van der Waals surface area contributed by atoms with Gasteiger partial charge >= 0.3 is 0 Å². The largest absolute Gasteiger partial charge is 0.497 e. The second-order valence-corrected chi connectivity index (χ2v) is 6.24. The second-order valence-electron chi connectivity index (χ2n) is 6.24. The standard InChI is InChI=1S/C22H19N3O3/c1-27-17-10-5-7-15(13-17)14-19(26)23-22-20(16-8-3-2-4-9-16)24-25-21(22)18-11-6-12-28-18/h2-13H,14H2,1H3,(H,23,26)(H,24,25). The van der Waals surface area contributed by atoms with Crippen LogP contribution >= 0.6 is 0 Å². The molecule has 140 valence electrons. The first-order valence-electron chi connectivity index (χ1n) is 8.85. The molecule has 28 heavy (non-hydrogen) atoms. The van der Waals surface area contributed by atoms with E-state index in [-0.39, 0.29) is 12.3 Å². The number of benzene rings is 2. The van der Waals surface area contributed by atoms with Crippen LogP contribution in [0.5, 0.6) is 5.75 Å². The Labute approximate surface area is 162 Å². The number of nitrogens with one attached hydrogen (secondary N) is 2. The van der Waals surface area contributed by atoms with Gasteiger partial charge in [-0.05, 0) is 29.8 Å². The molecule has 0 atom stereocenters. The highest BCUT2D eigenvalue weighted by molar-refractivity contribution is 6.00. The number of ether oxygens (including phenoxy) is 1. The number of H-pyrrole nitrogens is 1. The van der Waals surface area contributed by atoms with E-state index in [4.69, 9.17) is 9.15 Å². The van der Waals surface area contributed by atoms with Gasteiger partial charge in [0.15, 0.2) is 5.76 Å². The van der Waals surface area contributed by atoms with Crippen molar-refractivity contribution in [3.63, 3.8) is 0 Å². The first kappa shape index (κ1) is 17.6. The van der Waals surface area contributed by atoms with Crippen molar-refractivity contribution in [3.05, 3.63) is 78.6 Å². The van der Waals surface area contributed by atoms with Crippen LogP contribution in [0.3, 0.4) is 0 Å². The van der Waals surface area contributed by atoms with Gasteiger partial charge in [-0.3, -0.25) is 9.89 Å². The van der Waals surface area contributed by atoms with Gasteiger partial charge in [0.2, 0.25) is 5.91 Å². The minimum atomic E-state index is -0.153. The number of nitrogens with zero attached hydrogens (tertiary/aromatic N) is 1. The fourth-order valence-corrected chi connectivity index (χ4v) is 3.02. The minimum absolute atomic E-state index is 0.153. The van der Waals surface area contributed by atoms with E-state index >= 15 is 0 Å². The van der Waals surface area contributed by atoms with Crippen molar-refractivity contribution in [3.8, 4) is 28.5 Å². The fraction of sp³-hybridized carbons (Fsp3) is 0.0909. The SMILES string of the molecule is COc1cccc(CC(=O)Nc2c(-c3ccccc3)n[nH]c2-c2ccco2)c1. The molecule has 0 bridgehead atoms. The number of rotatable bonds is 6. The van der Waals surface area contributed by atoms with Crippen LogP contribution in [-0.4, -0.2) is 23.2 Å². The normalized spacial score (nSPS) is 10.6.